The van der Waals surface area contributed by atoms with Gasteiger partial charge in [0.25, 0.3) is 0 Å². The van der Waals surface area contributed by atoms with Crippen molar-refractivity contribution < 1.29 is 9.53 Å². The zero-order valence-electron chi connectivity index (χ0n) is 13.5. The summed E-state index contributed by atoms with van der Waals surface area (Å²) in [6.07, 6.45) is 2.02. The van der Waals surface area contributed by atoms with Crippen LogP contribution in [-0.4, -0.2) is 18.3 Å². The second-order valence-electron chi connectivity index (χ2n) is 5.83. The summed E-state index contributed by atoms with van der Waals surface area (Å²) in [6, 6.07) is 16.1. The fourth-order valence-electron chi connectivity index (χ4n) is 2.63. The van der Waals surface area contributed by atoms with E-state index in [2.05, 4.69) is 33.4 Å². The number of halogens is 1. The van der Waals surface area contributed by atoms with Crippen molar-refractivity contribution in [2.45, 2.75) is 30.2 Å². The number of thioether (sulfide) groups is 1. The Labute approximate surface area is 155 Å². The Morgan fingerprint density at radius 3 is 2.42 bits per heavy atom. The Balaban J connectivity index is 1.53. The van der Waals surface area contributed by atoms with Gasteiger partial charge in [0, 0.05) is 9.37 Å². The van der Waals surface area contributed by atoms with Crippen molar-refractivity contribution in [3.63, 3.8) is 0 Å². The molecule has 126 valence electrons. The zero-order valence-corrected chi connectivity index (χ0v) is 16.0. The maximum absolute atomic E-state index is 12.3. The molecule has 1 N–H and O–H groups in total. The molecule has 0 atom stereocenters. The average Bonchev–Trinajstić information content (AvgIpc) is 3.36. The number of carbonyl (C=O) groups excluding carboxylic acids is 1. The zero-order chi connectivity index (χ0) is 17.0. The number of ether oxygens (including phenoxy) is 1. The molecule has 3 nitrogen and oxygen atoms in total. The highest BCUT2D eigenvalue weighted by Gasteiger charge is 2.45. The van der Waals surface area contributed by atoms with E-state index in [1.807, 2.05) is 43.3 Å². The van der Waals surface area contributed by atoms with Crippen molar-refractivity contribution in [1.82, 2.24) is 5.32 Å². The number of carbonyl (C=O) groups is 1. The molecule has 24 heavy (non-hydrogen) atoms. The van der Waals surface area contributed by atoms with Gasteiger partial charge in [0.05, 0.1) is 17.9 Å². The molecule has 0 heterocycles. The first-order chi connectivity index (χ1) is 11.6. The third-order valence-electron chi connectivity index (χ3n) is 4.03. The average molecular weight is 406 g/mol. The van der Waals surface area contributed by atoms with E-state index in [4.69, 9.17) is 4.74 Å². The fraction of sp³-hybridized carbons (Fsp3) is 0.316. The molecule has 1 fully saturated rings. The van der Waals surface area contributed by atoms with Crippen LogP contribution >= 0.6 is 27.7 Å². The normalized spacial score (nSPS) is 14.9. The molecule has 0 spiro atoms. The fourth-order valence-corrected chi connectivity index (χ4v) is 3.59. The summed E-state index contributed by atoms with van der Waals surface area (Å²) < 4.78 is 6.48. The predicted octanol–water partition coefficient (Wildman–Crippen LogP) is 4.75. The van der Waals surface area contributed by atoms with E-state index in [1.165, 1.54) is 5.56 Å². The lowest BCUT2D eigenvalue weighted by Gasteiger charge is -2.18. The first-order valence-electron chi connectivity index (χ1n) is 8.04. The highest BCUT2D eigenvalue weighted by atomic mass is 79.9. The molecule has 0 unspecified atom stereocenters. The molecule has 1 aliphatic carbocycles. The lowest BCUT2D eigenvalue weighted by molar-refractivity contribution is -0.119. The van der Waals surface area contributed by atoms with Crippen LogP contribution in [0.25, 0.3) is 0 Å². The van der Waals surface area contributed by atoms with Gasteiger partial charge < -0.3 is 10.1 Å². The number of amides is 1. The summed E-state index contributed by atoms with van der Waals surface area (Å²) in [5, 5.41) is 3.21. The Kier molecular flexibility index (Phi) is 5.51. The van der Waals surface area contributed by atoms with E-state index in [0.717, 1.165) is 28.0 Å². The quantitative estimate of drug-likeness (QED) is 0.675. The highest BCUT2D eigenvalue weighted by molar-refractivity contribution is 9.10. The van der Waals surface area contributed by atoms with E-state index in [9.17, 15) is 4.79 Å². The van der Waals surface area contributed by atoms with Gasteiger partial charge in [-0.15, -0.1) is 11.8 Å². The third kappa shape index (κ3) is 4.33. The summed E-state index contributed by atoms with van der Waals surface area (Å²) >= 11 is 5.00. The molecule has 0 aliphatic heterocycles. The smallest absolute Gasteiger partial charge is 0.231 e. The lowest BCUT2D eigenvalue weighted by Crippen LogP contribution is -2.36. The molecule has 0 aromatic heterocycles. The van der Waals surface area contributed by atoms with E-state index < -0.39 is 0 Å². The maximum atomic E-state index is 12.3. The van der Waals surface area contributed by atoms with Gasteiger partial charge in [0.1, 0.15) is 5.75 Å². The van der Waals surface area contributed by atoms with Crippen LogP contribution in [0, 0.1) is 0 Å². The Morgan fingerprint density at radius 2 is 1.83 bits per heavy atom. The molecule has 0 saturated heterocycles. The van der Waals surface area contributed by atoms with Gasteiger partial charge in [-0.25, -0.2) is 0 Å². The molecule has 5 heteroatoms. The topological polar surface area (TPSA) is 38.3 Å². The van der Waals surface area contributed by atoms with Gasteiger partial charge in [-0.2, -0.15) is 0 Å². The summed E-state index contributed by atoms with van der Waals surface area (Å²) in [5.74, 6) is 1.36. The number of benzene rings is 2. The second kappa shape index (κ2) is 7.62. The van der Waals surface area contributed by atoms with Gasteiger partial charge in [-0.05, 0) is 61.7 Å². The Bertz CT molecular complexity index is 696. The molecule has 3 rings (SSSR count). The maximum Gasteiger partial charge on any atom is 0.231 e. The minimum atomic E-state index is -0.156. The van der Waals surface area contributed by atoms with Crippen LogP contribution in [0.2, 0.25) is 0 Å². The summed E-state index contributed by atoms with van der Waals surface area (Å²) in [4.78, 5) is 13.4. The first kappa shape index (κ1) is 17.4. The molecule has 2 aromatic rings. The van der Waals surface area contributed by atoms with Crippen molar-refractivity contribution in [2.24, 2.45) is 0 Å². The van der Waals surface area contributed by atoms with Crippen LogP contribution in [0.15, 0.2) is 57.9 Å². The standard InChI is InChI=1S/C19H20BrNO2S/c1-2-23-16-7-9-17(10-8-16)24-13-18(22)21-19(11-12-19)14-3-5-15(20)6-4-14/h3-10H,2,11-13H2,1H3,(H,21,22). The largest absolute Gasteiger partial charge is 0.494 e. The molecule has 1 saturated carbocycles. The van der Waals surface area contributed by atoms with Crippen LogP contribution in [0.3, 0.4) is 0 Å². The van der Waals surface area contributed by atoms with Crippen molar-refractivity contribution >= 4 is 33.6 Å². The van der Waals surface area contributed by atoms with Gasteiger partial charge in [0.15, 0.2) is 0 Å². The lowest BCUT2D eigenvalue weighted by atomic mass is 10.1. The van der Waals surface area contributed by atoms with Gasteiger partial charge in [-0.3, -0.25) is 4.79 Å². The van der Waals surface area contributed by atoms with E-state index in [1.54, 1.807) is 11.8 Å². The molecule has 1 amide bonds. The summed E-state index contributed by atoms with van der Waals surface area (Å²) in [7, 11) is 0. The number of nitrogens with one attached hydrogen (secondary N) is 1. The number of hydrogen-bond acceptors (Lipinski definition) is 3. The van der Waals surface area contributed by atoms with Crippen LogP contribution in [0.5, 0.6) is 5.75 Å². The van der Waals surface area contributed by atoms with Crippen molar-refractivity contribution in [1.29, 1.82) is 0 Å². The van der Waals surface area contributed by atoms with Crippen LogP contribution in [0.1, 0.15) is 25.3 Å². The molecule has 0 radical (unpaired) electrons. The SMILES string of the molecule is CCOc1ccc(SCC(=O)NC2(c3ccc(Br)cc3)CC2)cc1. The minimum absolute atomic E-state index is 0.0781. The van der Waals surface area contributed by atoms with E-state index in [-0.39, 0.29) is 11.4 Å². The Morgan fingerprint density at radius 1 is 1.17 bits per heavy atom. The first-order valence-corrected chi connectivity index (χ1v) is 9.82. The van der Waals surface area contributed by atoms with Crippen molar-refractivity contribution in [3.8, 4) is 5.75 Å². The molecule has 1 aliphatic rings. The van der Waals surface area contributed by atoms with E-state index in [0.29, 0.717) is 12.4 Å². The van der Waals surface area contributed by atoms with Gasteiger partial charge >= 0.3 is 0 Å². The van der Waals surface area contributed by atoms with Crippen LogP contribution in [0.4, 0.5) is 0 Å². The van der Waals surface area contributed by atoms with Crippen molar-refractivity contribution in [3.05, 3.63) is 58.6 Å². The molecular weight excluding hydrogens is 386 g/mol. The summed E-state index contributed by atoms with van der Waals surface area (Å²) in [5.41, 5.74) is 1.03. The Hall–Kier alpha value is -1.46. The van der Waals surface area contributed by atoms with Gasteiger partial charge in [0.2, 0.25) is 5.91 Å². The predicted molar refractivity (Wildman–Crippen MR) is 102 cm³/mol. The number of rotatable bonds is 7. The monoisotopic (exact) mass is 405 g/mol. The minimum Gasteiger partial charge on any atom is -0.494 e. The van der Waals surface area contributed by atoms with Crippen LogP contribution < -0.4 is 10.1 Å². The highest BCUT2D eigenvalue weighted by Crippen LogP contribution is 2.45. The molecular formula is C19H20BrNO2S. The van der Waals surface area contributed by atoms with Crippen LogP contribution in [-0.2, 0) is 10.3 Å². The van der Waals surface area contributed by atoms with Crippen molar-refractivity contribution in [2.75, 3.05) is 12.4 Å². The van der Waals surface area contributed by atoms with Gasteiger partial charge in [-0.1, -0.05) is 28.1 Å². The molecule has 0 bridgehead atoms. The third-order valence-corrected chi connectivity index (χ3v) is 5.57. The van der Waals surface area contributed by atoms with E-state index >= 15 is 0 Å². The molecule has 2 aromatic carbocycles. The number of hydrogen-bond donors (Lipinski definition) is 1. The second-order valence-corrected chi connectivity index (χ2v) is 7.79. The summed E-state index contributed by atoms with van der Waals surface area (Å²) in [6.45, 7) is 2.62.